The van der Waals surface area contributed by atoms with Crippen LogP contribution < -0.4 is 0 Å². The summed E-state index contributed by atoms with van der Waals surface area (Å²) < 4.78 is 6.17. The van der Waals surface area contributed by atoms with Crippen molar-refractivity contribution in [3.63, 3.8) is 0 Å². The average Bonchev–Trinajstić information content (AvgIpc) is 2.86. The van der Waals surface area contributed by atoms with Crippen LogP contribution in [0.2, 0.25) is 0 Å². The number of aliphatic imine (C=N–C) groups is 1. The predicted molar refractivity (Wildman–Crippen MR) is 87.0 cm³/mol. The molecule has 0 radical (unpaired) electrons. The van der Waals surface area contributed by atoms with Gasteiger partial charge in [-0.15, -0.1) is 0 Å². The Morgan fingerprint density at radius 3 is 2.45 bits per heavy atom. The summed E-state index contributed by atoms with van der Waals surface area (Å²) in [5, 5.41) is 0. The lowest BCUT2D eigenvalue weighted by Gasteiger charge is -2.38. The van der Waals surface area contributed by atoms with Crippen LogP contribution in [0.15, 0.2) is 41.8 Å². The maximum absolute atomic E-state index is 6.17. The maximum Gasteiger partial charge on any atom is 0.141 e. The van der Waals surface area contributed by atoms with Crippen LogP contribution in [0.1, 0.15) is 40.0 Å². The highest BCUT2D eigenvalue weighted by molar-refractivity contribution is 5.79. The lowest BCUT2D eigenvalue weighted by molar-refractivity contribution is -0.0203. The summed E-state index contributed by atoms with van der Waals surface area (Å²) in [6.45, 7) is 17.0. The molecule has 1 fully saturated rings. The number of rotatable bonds is 4. The minimum Gasteiger partial charge on any atom is -0.485 e. The van der Waals surface area contributed by atoms with Crippen LogP contribution in [-0.2, 0) is 4.74 Å². The van der Waals surface area contributed by atoms with Gasteiger partial charge in [-0.05, 0) is 12.1 Å². The van der Waals surface area contributed by atoms with Crippen molar-refractivity contribution < 1.29 is 4.74 Å². The van der Waals surface area contributed by atoms with E-state index in [4.69, 9.17) is 4.74 Å². The zero-order valence-corrected chi connectivity index (χ0v) is 13.2. The van der Waals surface area contributed by atoms with Gasteiger partial charge >= 0.3 is 0 Å². The van der Waals surface area contributed by atoms with E-state index >= 15 is 0 Å². The molecule has 1 saturated heterocycles. The van der Waals surface area contributed by atoms with Crippen molar-refractivity contribution in [2.75, 3.05) is 19.6 Å². The summed E-state index contributed by atoms with van der Waals surface area (Å²) >= 11 is 0. The Hall–Kier alpha value is -1.35. The summed E-state index contributed by atoms with van der Waals surface area (Å²) in [5.41, 5.74) is 1.16. The molecule has 2 heterocycles. The Kier molecular flexibility index (Phi) is 6.73. The van der Waals surface area contributed by atoms with E-state index in [1.54, 1.807) is 6.21 Å². The van der Waals surface area contributed by atoms with Crippen molar-refractivity contribution in [2.45, 2.75) is 45.6 Å². The first-order valence-corrected chi connectivity index (χ1v) is 7.64. The van der Waals surface area contributed by atoms with Crippen LogP contribution in [0.25, 0.3) is 0 Å². The molecule has 112 valence electrons. The molecule has 1 spiro atoms. The highest BCUT2D eigenvalue weighted by atomic mass is 16.5. The van der Waals surface area contributed by atoms with Gasteiger partial charge in [-0.2, -0.15) is 0 Å². The molecule has 0 bridgehead atoms. The van der Waals surface area contributed by atoms with Gasteiger partial charge in [0.2, 0.25) is 0 Å². The molecule has 0 aromatic heterocycles. The van der Waals surface area contributed by atoms with Gasteiger partial charge in [0.25, 0.3) is 0 Å². The molecule has 0 atom stereocenters. The molecular weight excluding hydrogens is 248 g/mol. The zero-order valence-electron chi connectivity index (χ0n) is 13.2. The Morgan fingerprint density at radius 2 is 1.95 bits per heavy atom. The highest BCUT2D eigenvalue weighted by Crippen LogP contribution is 2.41. The third kappa shape index (κ3) is 3.83. The second kappa shape index (κ2) is 8.05. The van der Waals surface area contributed by atoms with E-state index in [1.807, 2.05) is 19.9 Å². The van der Waals surface area contributed by atoms with Gasteiger partial charge in [0.1, 0.15) is 11.4 Å². The van der Waals surface area contributed by atoms with E-state index in [2.05, 4.69) is 30.0 Å². The van der Waals surface area contributed by atoms with Gasteiger partial charge in [-0.1, -0.05) is 40.0 Å². The number of piperidine rings is 1. The van der Waals surface area contributed by atoms with E-state index in [0.29, 0.717) is 0 Å². The largest absolute Gasteiger partial charge is 0.485 e. The van der Waals surface area contributed by atoms with Crippen LogP contribution in [-0.4, -0.2) is 36.3 Å². The fraction of sp³-hybridized carbons (Fsp3) is 0.588. The number of hydrogen-bond acceptors (Lipinski definition) is 3. The van der Waals surface area contributed by atoms with Gasteiger partial charge in [-0.25, -0.2) is 0 Å². The summed E-state index contributed by atoms with van der Waals surface area (Å²) in [4.78, 5) is 6.53. The van der Waals surface area contributed by atoms with Crippen LogP contribution in [0, 0.1) is 0 Å². The topological polar surface area (TPSA) is 24.8 Å². The molecular formula is C17H28N2O. The van der Waals surface area contributed by atoms with Crippen molar-refractivity contribution in [3.8, 4) is 0 Å². The normalized spacial score (nSPS) is 21.6. The summed E-state index contributed by atoms with van der Waals surface area (Å²) in [6, 6.07) is 0. The second-order valence-corrected chi connectivity index (χ2v) is 4.95. The standard InChI is InChI=1S/C15H22N2O.C2H6/c1-4-13-11-15(18-14(13)12-16-5-2)7-9-17(6-3)10-8-15;1-2/h4-5,12H,1-2,6-11H2,3H3;1-2H3. The number of hydrogen-bond donors (Lipinski definition) is 0. The lowest BCUT2D eigenvalue weighted by atomic mass is 9.86. The molecule has 3 heteroatoms. The zero-order chi connectivity index (χ0) is 15.0. The molecule has 0 unspecified atom stereocenters. The van der Waals surface area contributed by atoms with Crippen molar-refractivity contribution in [1.82, 2.24) is 4.90 Å². The first-order chi connectivity index (χ1) is 9.73. The SMILES string of the molecule is C=CN=CC1=C(C=C)CC2(CCN(CC)CC2)O1.CC. The quantitative estimate of drug-likeness (QED) is 0.726. The smallest absolute Gasteiger partial charge is 0.141 e. The summed E-state index contributed by atoms with van der Waals surface area (Å²) in [5.74, 6) is 0.870. The lowest BCUT2D eigenvalue weighted by Crippen LogP contribution is -2.44. The number of ether oxygens (including phenoxy) is 1. The van der Waals surface area contributed by atoms with Crippen LogP contribution >= 0.6 is 0 Å². The summed E-state index contributed by atoms with van der Waals surface area (Å²) in [7, 11) is 0. The van der Waals surface area contributed by atoms with Crippen molar-refractivity contribution in [2.24, 2.45) is 4.99 Å². The van der Waals surface area contributed by atoms with E-state index in [9.17, 15) is 0 Å². The van der Waals surface area contributed by atoms with Crippen LogP contribution in [0.3, 0.4) is 0 Å². The minimum atomic E-state index is -0.0162. The number of likely N-dealkylation sites (tertiary alicyclic amines) is 1. The molecule has 0 N–H and O–H groups in total. The molecule has 2 aliphatic heterocycles. The van der Waals surface area contributed by atoms with E-state index in [0.717, 1.165) is 44.7 Å². The van der Waals surface area contributed by atoms with E-state index < -0.39 is 0 Å². The maximum atomic E-state index is 6.17. The molecule has 0 amide bonds. The van der Waals surface area contributed by atoms with E-state index in [-0.39, 0.29) is 5.60 Å². The minimum absolute atomic E-state index is 0.0162. The van der Waals surface area contributed by atoms with Crippen LogP contribution in [0.4, 0.5) is 0 Å². The Balaban J connectivity index is 0.000000956. The third-order valence-electron chi connectivity index (χ3n) is 3.91. The Morgan fingerprint density at radius 1 is 1.30 bits per heavy atom. The monoisotopic (exact) mass is 276 g/mol. The van der Waals surface area contributed by atoms with Gasteiger partial charge in [0.15, 0.2) is 0 Å². The number of allylic oxidation sites excluding steroid dienone is 2. The van der Waals surface area contributed by atoms with Gasteiger partial charge in [0.05, 0.1) is 6.21 Å². The molecule has 0 aromatic rings. The van der Waals surface area contributed by atoms with Crippen molar-refractivity contribution in [1.29, 1.82) is 0 Å². The molecule has 20 heavy (non-hydrogen) atoms. The van der Waals surface area contributed by atoms with Gasteiger partial charge in [-0.3, -0.25) is 4.99 Å². The fourth-order valence-electron chi connectivity index (χ4n) is 2.73. The van der Waals surface area contributed by atoms with Gasteiger partial charge < -0.3 is 9.64 Å². The first kappa shape index (κ1) is 16.7. The molecule has 0 saturated carbocycles. The van der Waals surface area contributed by atoms with Gasteiger partial charge in [0, 0.05) is 38.6 Å². The molecule has 2 rings (SSSR count). The Bertz CT molecular complexity index is 388. The highest BCUT2D eigenvalue weighted by Gasteiger charge is 2.41. The van der Waals surface area contributed by atoms with Crippen molar-refractivity contribution in [3.05, 3.63) is 36.8 Å². The third-order valence-corrected chi connectivity index (χ3v) is 3.91. The van der Waals surface area contributed by atoms with Crippen LogP contribution in [0.5, 0.6) is 0 Å². The molecule has 0 aromatic carbocycles. The molecule has 3 nitrogen and oxygen atoms in total. The number of nitrogens with zero attached hydrogens (tertiary/aromatic N) is 2. The van der Waals surface area contributed by atoms with Crippen molar-refractivity contribution >= 4 is 6.21 Å². The fourth-order valence-corrected chi connectivity index (χ4v) is 2.73. The van der Waals surface area contributed by atoms with E-state index in [1.165, 1.54) is 11.8 Å². The Labute approximate surface area is 123 Å². The second-order valence-electron chi connectivity index (χ2n) is 4.95. The average molecular weight is 276 g/mol. The summed E-state index contributed by atoms with van der Waals surface area (Å²) in [6.07, 6.45) is 8.32. The molecule has 0 aliphatic carbocycles. The molecule has 2 aliphatic rings. The predicted octanol–water partition coefficient (Wildman–Crippen LogP) is 3.94. The first-order valence-electron chi connectivity index (χ1n) is 7.64.